The van der Waals surface area contributed by atoms with Crippen molar-refractivity contribution in [3.05, 3.63) is 46.0 Å². The molecular formula is C15H18ClF2N3. The van der Waals surface area contributed by atoms with Crippen LogP contribution in [0.5, 0.6) is 0 Å². The normalized spacial score (nSPS) is 10.9. The number of hydrogen-bond donors (Lipinski definition) is 2. The molecule has 2 aromatic rings. The third-order valence-electron chi connectivity index (χ3n) is 3.27. The van der Waals surface area contributed by atoms with Crippen molar-refractivity contribution in [2.45, 2.75) is 39.7 Å². The summed E-state index contributed by atoms with van der Waals surface area (Å²) in [6, 6.07) is 2.64. The zero-order valence-electron chi connectivity index (χ0n) is 12.1. The number of aromatic nitrogens is 2. The van der Waals surface area contributed by atoms with Gasteiger partial charge in [0.05, 0.1) is 12.2 Å². The lowest BCUT2D eigenvalue weighted by molar-refractivity contribution is 0.582. The van der Waals surface area contributed by atoms with E-state index < -0.39 is 11.6 Å². The molecule has 6 heteroatoms. The third kappa shape index (κ3) is 3.73. The lowest BCUT2D eigenvalue weighted by Crippen LogP contribution is -2.05. The van der Waals surface area contributed by atoms with Gasteiger partial charge in [-0.3, -0.25) is 0 Å². The maximum absolute atomic E-state index is 13.9. The van der Waals surface area contributed by atoms with Gasteiger partial charge in [-0.1, -0.05) is 31.0 Å². The summed E-state index contributed by atoms with van der Waals surface area (Å²) in [4.78, 5) is 7.29. The molecule has 3 nitrogen and oxygen atoms in total. The molecule has 0 bridgehead atoms. The van der Waals surface area contributed by atoms with E-state index in [9.17, 15) is 8.78 Å². The van der Waals surface area contributed by atoms with Crippen molar-refractivity contribution in [3.63, 3.8) is 0 Å². The van der Waals surface area contributed by atoms with Crippen LogP contribution in [0, 0.1) is 18.6 Å². The van der Waals surface area contributed by atoms with Gasteiger partial charge in [0, 0.05) is 6.42 Å². The Labute approximate surface area is 127 Å². The molecule has 0 saturated carbocycles. The lowest BCUT2D eigenvalue weighted by Gasteiger charge is -2.09. The van der Waals surface area contributed by atoms with Gasteiger partial charge in [0.1, 0.15) is 17.3 Å². The fraction of sp³-hybridized carbons (Fsp3) is 0.400. The van der Waals surface area contributed by atoms with Crippen LogP contribution >= 0.6 is 11.6 Å². The number of aromatic amines is 1. The van der Waals surface area contributed by atoms with Gasteiger partial charge >= 0.3 is 0 Å². The minimum atomic E-state index is -0.625. The monoisotopic (exact) mass is 313 g/mol. The molecule has 0 aliphatic heterocycles. The minimum absolute atomic E-state index is 0.143. The first-order valence-electron chi connectivity index (χ1n) is 6.94. The largest absolute Gasteiger partial charge is 0.375 e. The van der Waals surface area contributed by atoms with Gasteiger partial charge < -0.3 is 10.3 Å². The van der Waals surface area contributed by atoms with Crippen LogP contribution in [0.2, 0.25) is 5.15 Å². The van der Waals surface area contributed by atoms with Crippen LogP contribution in [0.15, 0.2) is 12.1 Å². The fourth-order valence-corrected chi connectivity index (χ4v) is 2.23. The smallest absolute Gasteiger partial charge is 0.152 e. The predicted molar refractivity (Wildman–Crippen MR) is 80.6 cm³/mol. The highest BCUT2D eigenvalue weighted by molar-refractivity contribution is 6.30. The van der Waals surface area contributed by atoms with Crippen molar-refractivity contribution in [1.29, 1.82) is 0 Å². The number of nitrogens with one attached hydrogen (secondary N) is 2. The van der Waals surface area contributed by atoms with E-state index in [2.05, 4.69) is 22.2 Å². The predicted octanol–water partition coefficient (Wildman–Crippen LogP) is 4.60. The number of nitrogens with zero attached hydrogens (tertiary/aromatic N) is 1. The molecule has 0 unspecified atom stereocenters. The molecule has 2 rings (SSSR count). The molecule has 1 aromatic heterocycles. The minimum Gasteiger partial charge on any atom is -0.375 e. The SMILES string of the molecule is CCCCc1nc(Cl)c(CNc2c(F)ccc(C)c2F)[nH]1. The van der Waals surface area contributed by atoms with Crippen molar-refractivity contribution in [3.8, 4) is 0 Å². The van der Waals surface area contributed by atoms with Crippen LogP contribution in [0.3, 0.4) is 0 Å². The van der Waals surface area contributed by atoms with E-state index in [4.69, 9.17) is 11.6 Å². The molecule has 0 aliphatic carbocycles. The fourth-order valence-electron chi connectivity index (χ4n) is 2.01. The Morgan fingerprint density at radius 1 is 1.33 bits per heavy atom. The van der Waals surface area contributed by atoms with Gasteiger partial charge in [0.15, 0.2) is 11.0 Å². The van der Waals surface area contributed by atoms with E-state index in [0.717, 1.165) is 25.1 Å². The van der Waals surface area contributed by atoms with Gasteiger partial charge in [-0.15, -0.1) is 0 Å². The molecule has 1 heterocycles. The summed E-state index contributed by atoms with van der Waals surface area (Å²) in [5.74, 6) is -0.416. The Balaban J connectivity index is 2.10. The molecule has 1 aromatic carbocycles. The van der Waals surface area contributed by atoms with E-state index in [1.165, 1.54) is 12.1 Å². The third-order valence-corrected chi connectivity index (χ3v) is 3.58. The van der Waals surface area contributed by atoms with Crippen molar-refractivity contribution in [2.75, 3.05) is 5.32 Å². The number of hydrogen-bond acceptors (Lipinski definition) is 2. The number of H-pyrrole nitrogens is 1. The van der Waals surface area contributed by atoms with Crippen LogP contribution in [0.1, 0.15) is 36.8 Å². The molecule has 0 spiro atoms. The Hall–Kier alpha value is -1.62. The Morgan fingerprint density at radius 3 is 2.81 bits per heavy atom. The molecular weight excluding hydrogens is 296 g/mol. The highest BCUT2D eigenvalue weighted by Crippen LogP contribution is 2.23. The molecule has 0 aliphatic rings. The van der Waals surface area contributed by atoms with Crippen molar-refractivity contribution in [1.82, 2.24) is 9.97 Å². The van der Waals surface area contributed by atoms with Crippen LogP contribution in [0.25, 0.3) is 0 Å². The molecule has 114 valence electrons. The first kappa shape index (κ1) is 15.8. The van der Waals surface area contributed by atoms with Crippen LogP contribution in [0.4, 0.5) is 14.5 Å². The molecule has 0 radical (unpaired) electrons. The first-order chi connectivity index (χ1) is 10.0. The second-order valence-electron chi connectivity index (χ2n) is 4.96. The van der Waals surface area contributed by atoms with Gasteiger partial charge in [0.25, 0.3) is 0 Å². The summed E-state index contributed by atoms with van der Waals surface area (Å²) in [6.07, 6.45) is 2.88. The van der Waals surface area contributed by atoms with Crippen molar-refractivity contribution in [2.24, 2.45) is 0 Å². The summed E-state index contributed by atoms with van der Waals surface area (Å²) < 4.78 is 27.5. The first-order valence-corrected chi connectivity index (χ1v) is 7.32. The number of imidazole rings is 1. The lowest BCUT2D eigenvalue weighted by atomic mass is 10.2. The Bertz CT molecular complexity index is 626. The average molecular weight is 314 g/mol. The quantitative estimate of drug-likeness (QED) is 0.818. The van der Waals surface area contributed by atoms with Crippen molar-refractivity contribution < 1.29 is 8.78 Å². The topological polar surface area (TPSA) is 40.7 Å². The number of anilines is 1. The van der Waals surface area contributed by atoms with Crippen LogP contribution in [-0.4, -0.2) is 9.97 Å². The number of unbranched alkanes of at least 4 members (excludes halogenated alkanes) is 1. The molecule has 2 N–H and O–H groups in total. The van der Waals surface area contributed by atoms with Crippen LogP contribution < -0.4 is 5.32 Å². The summed E-state index contributed by atoms with van der Waals surface area (Å²) in [7, 11) is 0. The molecule has 0 amide bonds. The van der Waals surface area contributed by atoms with E-state index in [-0.39, 0.29) is 12.2 Å². The second kappa shape index (κ2) is 6.89. The standard InChI is InChI=1S/C15H18ClF2N3/c1-3-4-5-12-20-11(15(16)21-12)8-19-14-10(17)7-6-9(2)13(14)18/h6-7,19H,3-5,8H2,1-2H3,(H,20,21). The number of rotatable bonds is 6. The zero-order valence-corrected chi connectivity index (χ0v) is 12.8. The van der Waals surface area contributed by atoms with E-state index in [0.29, 0.717) is 16.4 Å². The Kier molecular flexibility index (Phi) is 5.17. The Morgan fingerprint density at radius 2 is 2.10 bits per heavy atom. The zero-order chi connectivity index (χ0) is 15.4. The molecule has 21 heavy (non-hydrogen) atoms. The van der Waals surface area contributed by atoms with E-state index in [1.54, 1.807) is 6.92 Å². The van der Waals surface area contributed by atoms with E-state index in [1.807, 2.05) is 0 Å². The maximum Gasteiger partial charge on any atom is 0.152 e. The highest BCUT2D eigenvalue weighted by Gasteiger charge is 2.13. The van der Waals surface area contributed by atoms with Crippen molar-refractivity contribution >= 4 is 17.3 Å². The molecule has 0 atom stereocenters. The maximum atomic E-state index is 13.9. The van der Waals surface area contributed by atoms with Gasteiger partial charge in [0.2, 0.25) is 0 Å². The molecule has 0 fully saturated rings. The highest BCUT2D eigenvalue weighted by atomic mass is 35.5. The number of aryl methyl sites for hydroxylation is 2. The summed E-state index contributed by atoms with van der Waals surface area (Å²) >= 11 is 6.03. The van der Waals surface area contributed by atoms with Gasteiger partial charge in [-0.2, -0.15) is 0 Å². The average Bonchev–Trinajstić information content (AvgIpc) is 2.81. The van der Waals surface area contributed by atoms with Gasteiger partial charge in [-0.25, -0.2) is 13.8 Å². The molecule has 0 saturated heterocycles. The summed E-state index contributed by atoms with van der Waals surface area (Å²) in [5.41, 5.74) is 0.872. The second-order valence-corrected chi connectivity index (χ2v) is 5.32. The van der Waals surface area contributed by atoms with E-state index >= 15 is 0 Å². The number of benzene rings is 1. The summed E-state index contributed by atoms with van der Waals surface area (Å²) in [6.45, 7) is 3.87. The number of halogens is 3. The summed E-state index contributed by atoms with van der Waals surface area (Å²) in [5, 5.41) is 3.08. The van der Waals surface area contributed by atoms with Crippen LogP contribution in [-0.2, 0) is 13.0 Å². The van der Waals surface area contributed by atoms with Gasteiger partial charge in [-0.05, 0) is 25.0 Å².